The van der Waals surface area contributed by atoms with Crippen molar-refractivity contribution in [2.24, 2.45) is 0 Å². The number of aromatic nitrogens is 4. The van der Waals surface area contributed by atoms with E-state index in [0.29, 0.717) is 24.5 Å². The third-order valence-electron chi connectivity index (χ3n) is 5.82. The Balaban J connectivity index is 1.71. The highest BCUT2D eigenvalue weighted by molar-refractivity contribution is 5.92. The molecule has 35 heavy (non-hydrogen) atoms. The first-order valence-electron chi connectivity index (χ1n) is 11.6. The number of hydrogen-bond acceptors (Lipinski definition) is 6. The molecule has 1 unspecified atom stereocenters. The Morgan fingerprint density at radius 1 is 1.00 bits per heavy atom. The lowest BCUT2D eigenvalue weighted by Gasteiger charge is -2.22. The highest BCUT2D eigenvalue weighted by atomic mass is 19.3. The second kappa shape index (κ2) is 10.8. The highest BCUT2D eigenvalue weighted by Gasteiger charge is 2.21. The van der Waals surface area contributed by atoms with Gasteiger partial charge in [0.15, 0.2) is 5.82 Å². The number of para-hydroxylation sites is 2. The van der Waals surface area contributed by atoms with Crippen LogP contribution in [0, 0.1) is 13.8 Å². The minimum absolute atomic E-state index is 0.324. The van der Waals surface area contributed by atoms with Crippen LogP contribution in [0.4, 0.5) is 14.6 Å². The van der Waals surface area contributed by atoms with Gasteiger partial charge in [0.1, 0.15) is 23.1 Å². The van der Waals surface area contributed by atoms with Crippen LogP contribution in [0.1, 0.15) is 29.5 Å². The number of alkyl halides is 2. The van der Waals surface area contributed by atoms with Crippen LogP contribution in [0.5, 0.6) is 5.75 Å². The number of aryl methyl sites for hydroxylation is 2. The number of rotatable bonds is 10. The Hall–Kier alpha value is -3.59. The number of ether oxygens (including phenoxy) is 1. The highest BCUT2D eigenvalue weighted by Crippen LogP contribution is 2.33. The number of benzene rings is 2. The molecule has 4 aromatic rings. The van der Waals surface area contributed by atoms with Crippen molar-refractivity contribution in [3.05, 3.63) is 71.5 Å². The van der Waals surface area contributed by atoms with Crippen LogP contribution in [-0.2, 0) is 0 Å². The van der Waals surface area contributed by atoms with Gasteiger partial charge in [-0.1, -0.05) is 42.5 Å². The summed E-state index contributed by atoms with van der Waals surface area (Å²) in [6, 6.07) is 17.5. The Labute approximate surface area is 203 Å². The van der Waals surface area contributed by atoms with Gasteiger partial charge in [0.05, 0.1) is 23.3 Å². The van der Waals surface area contributed by atoms with E-state index in [1.165, 1.54) is 0 Å². The van der Waals surface area contributed by atoms with Gasteiger partial charge in [-0.3, -0.25) is 0 Å². The van der Waals surface area contributed by atoms with Gasteiger partial charge in [-0.25, -0.2) is 13.5 Å². The summed E-state index contributed by atoms with van der Waals surface area (Å²) in [6.45, 7) is 3.99. The predicted octanol–water partition coefficient (Wildman–Crippen LogP) is 4.86. The van der Waals surface area contributed by atoms with Crippen molar-refractivity contribution < 1.29 is 13.5 Å². The number of anilines is 1. The lowest BCUT2D eigenvalue weighted by atomic mass is 10.1. The quantitative estimate of drug-likeness (QED) is 0.327. The second-order valence-corrected chi connectivity index (χ2v) is 8.59. The van der Waals surface area contributed by atoms with Gasteiger partial charge in [0.2, 0.25) is 0 Å². The molecule has 2 aromatic heterocycles. The molecule has 9 heteroatoms. The number of fused-ring (bicyclic) bond motifs is 1. The minimum Gasteiger partial charge on any atom is -0.483 e. The zero-order valence-corrected chi connectivity index (χ0v) is 20.4. The molecule has 7 nitrogen and oxygen atoms in total. The maximum atomic E-state index is 12.6. The molecule has 0 spiro atoms. The van der Waals surface area contributed by atoms with Crippen molar-refractivity contribution in [3.8, 4) is 11.4 Å². The summed E-state index contributed by atoms with van der Waals surface area (Å²) < 4.78 is 33.6. The molecule has 1 atom stereocenters. The fourth-order valence-electron chi connectivity index (χ4n) is 4.14. The van der Waals surface area contributed by atoms with Gasteiger partial charge in [0.25, 0.3) is 6.43 Å². The summed E-state index contributed by atoms with van der Waals surface area (Å²) in [5, 5.41) is 17.3. The predicted molar refractivity (Wildman–Crippen MR) is 134 cm³/mol. The SMILES string of the molecule is Cc1nnc(N(C)C)c2nn(-c3ccccc3OC(CCNCC(F)F)c3ccccc3)c(C)c12. The van der Waals surface area contributed by atoms with Crippen LogP contribution < -0.4 is 15.0 Å². The summed E-state index contributed by atoms with van der Waals surface area (Å²) in [5.74, 6) is 1.34. The third kappa shape index (κ3) is 5.40. The van der Waals surface area contributed by atoms with Crippen molar-refractivity contribution >= 4 is 16.7 Å². The van der Waals surface area contributed by atoms with E-state index >= 15 is 0 Å². The van der Waals surface area contributed by atoms with Crippen molar-refractivity contribution in [2.45, 2.75) is 32.8 Å². The first-order valence-corrected chi connectivity index (χ1v) is 11.6. The van der Waals surface area contributed by atoms with Gasteiger partial charge in [0, 0.05) is 20.5 Å². The summed E-state index contributed by atoms with van der Waals surface area (Å²) in [4.78, 5) is 1.89. The number of nitrogens with one attached hydrogen (secondary N) is 1. The fourth-order valence-corrected chi connectivity index (χ4v) is 4.14. The van der Waals surface area contributed by atoms with Crippen LogP contribution >= 0.6 is 0 Å². The van der Waals surface area contributed by atoms with E-state index < -0.39 is 6.43 Å². The van der Waals surface area contributed by atoms with E-state index in [1.807, 2.05) is 92.1 Å². The lowest BCUT2D eigenvalue weighted by Crippen LogP contribution is -2.25. The van der Waals surface area contributed by atoms with Gasteiger partial charge in [-0.2, -0.15) is 10.2 Å². The van der Waals surface area contributed by atoms with E-state index in [1.54, 1.807) is 0 Å². The van der Waals surface area contributed by atoms with Gasteiger partial charge >= 0.3 is 0 Å². The van der Waals surface area contributed by atoms with Crippen LogP contribution in [0.15, 0.2) is 54.6 Å². The first kappa shape index (κ1) is 24.5. The smallest absolute Gasteiger partial charge is 0.250 e. The summed E-state index contributed by atoms with van der Waals surface area (Å²) in [6.07, 6.45) is -2.18. The standard InChI is InChI=1S/C26H30F2N6O/c1-17-24-18(2)34(32-25(24)26(31-30-17)33(3)4)20-12-8-9-13-22(20)35-21(14-15-29-16-23(27)28)19-10-6-5-7-11-19/h5-13,21,23,29H,14-16H2,1-4H3. The number of hydrogen-bond donors (Lipinski definition) is 1. The zero-order valence-electron chi connectivity index (χ0n) is 20.4. The third-order valence-corrected chi connectivity index (χ3v) is 5.82. The molecule has 4 rings (SSSR count). The van der Waals surface area contributed by atoms with Crippen molar-refractivity contribution in [3.63, 3.8) is 0 Å². The number of halogens is 2. The summed E-state index contributed by atoms with van der Waals surface area (Å²) in [7, 11) is 3.83. The maximum Gasteiger partial charge on any atom is 0.250 e. The molecule has 0 aliphatic heterocycles. The normalized spacial score (nSPS) is 12.3. The monoisotopic (exact) mass is 480 g/mol. The minimum atomic E-state index is -2.39. The molecular weight excluding hydrogens is 450 g/mol. The van der Waals surface area contributed by atoms with Gasteiger partial charge in [-0.05, 0) is 38.1 Å². The Bertz CT molecular complexity index is 1280. The topological polar surface area (TPSA) is 68.1 Å². The van der Waals surface area contributed by atoms with Gasteiger partial charge < -0.3 is 15.0 Å². The zero-order chi connectivity index (χ0) is 24.9. The summed E-state index contributed by atoms with van der Waals surface area (Å²) >= 11 is 0. The average molecular weight is 481 g/mol. The average Bonchev–Trinajstić information content (AvgIpc) is 3.19. The molecule has 0 aliphatic carbocycles. The molecule has 1 N–H and O–H groups in total. The molecule has 0 bridgehead atoms. The molecule has 0 fully saturated rings. The lowest BCUT2D eigenvalue weighted by molar-refractivity contribution is 0.141. The van der Waals surface area contributed by atoms with E-state index in [-0.39, 0.29) is 12.6 Å². The molecule has 0 saturated heterocycles. The molecule has 0 radical (unpaired) electrons. The van der Waals surface area contributed by atoms with Crippen LogP contribution in [0.25, 0.3) is 16.6 Å². The second-order valence-electron chi connectivity index (χ2n) is 8.59. The largest absolute Gasteiger partial charge is 0.483 e. The maximum absolute atomic E-state index is 12.6. The van der Waals surface area contributed by atoms with Crippen molar-refractivity contribution in [1.82, 2.24) is 25.3 Å². The Kier molecular flexibility index (Phi) is 7.55. The van der Waals surface area contributed by atoms with Crippen LogP contribution in [0.2, 0.25) is 0 Å². The van der Waals surface area contributed by atoms with E-state index in [9.17, 15) is 8.78 Å². The van der Waals surface area contributed by atoms with Gasteiger partial charge in [-0.15, -0.1) is 5.10 Å². The van der Waals surface area contributed by atoms with E-state index in [4.69, 9.17) is 9.84 Å². The first-order chi connectivity index (χ1) is 16.9. The molecular formula is C26H30F2N6O. The molecule has 0 saturated carbocycles. The van der Waals surface area contributed by atoms with Crippen molar-refractivity contribution in [1.29, 1.82) is 0 Å². The van der Waals surface area contributed by atoms with Crippen LogP contribution in [0.3, 0.4) is 0 Å². The molecule has 0 aliphatic rings. The molecule has 184 valence electrons. The van der Waals surface area contributed by atoms with E-state index in [2.05, 4.69) is 15.5 Å². The van der Waals surface area contributed by atoms with Crippen molar-refractivity contribution in [2.75, 3.05) is 32.1 Å². The molecule has 2 heterocycles. The van der Waals surface area contributed by atoms with Crippen LogP contribution in [-0.4, -0.2) is 53.6 Å². The number of nitrogens with zero attached hydrogens (tertiary/aromatic N) is 5. The van der Waals surface area contributed by atoms with E-state index in [0.717, 1.165) is 33.5 Å². The molecule has 2 aromatic carbocycles. The Morgan fingerprint density at radius 2 is 1.71 bits per heavy atom. The fraction of sp³-hybridized carbons (Fsp3) is 0.346. The Morgan fingerprint density at radius 3 is 2.43 bits per heavy atom. The molecule has 0 amide bonds. The summed E-state index contributed by atoms with van der Waals surface area (Å²) in [5.41, 5.74) is 4.27.